The fourth-order valence-electron chi connectivity index (χ4n) is 11.9. The van der Waals surface area contributed by atoms with Gasteiger partial charge >= 0.3 is 6.85 Å². The van der Waals surface area contributed by atoms with Crippen LogP contribution in [0.15, 0.2) is 176 Å². The Balaban J connectivity index is 1.20. The third-order valence-corrected chi connectivity index (χ3v) is 15.1. The number of hydrogen-bond donors (Lipinski definition) is 0. The number of anilines is 2. The molecule has 0 saturated heterocycles. The third kappa shape index (κ3) is 4.91. The summed E-state index contributed by atoms with van der Waals surface area (Å²) in [5.74, 6) is 0.323. The molecule has 1 nitrogen and oxygen atoms in total. The van der Waals surface area contributed by atoms with E-state index >= 15 is 0 Å². The Hall–Kier alpha value is -6.12. The van der Waals surface area contributed by atoms with Crippen LogP contribution in [0.5, 0.6) is 0 Å². The molecule has 2 aliphatic carbocycles. The summed E-state index contributed by atoms with van der Waals surface area (Å²) in [6, 6.07) is 66.8. The standard InChI is InChI=1S/C56H46BN/c1-55-28-14-15-29-56(55,2)50-33-44(39-20-10-5-11-21-39)34-51-53(50)49(36-55)48-32-43(38-18-8-4-9-19-38)31-47-46-30-41-22-12-13-23-42(41)35-52(46)58(57(51)54(47)48)45-26-24-40(25-27-45)37-16-6-3-7-17-37/h3-13,16-27,30-35,49H,14-15,28-29,36H2,1-2H3. The van der Waals surface area contributed by atoms with E-state index in [4.69, 9.17) is 0 Å². The maximum atomic E-state index is 2.72. The average molecular weight is 744 g/mol. The summed E-state index contributed by atoms with van der Waals surface area (Å²) in [5.41, 5.74) is 21.0. The second-order valence-electron chi connectivity index (χ2n) is 18.0. The summed E-state index contributed by atoms with van der Waals surface area (Å²) in [6.07, 6.45) is 6.32. The van der Waals surface area contributed by atoms with Crippen molar-refractivity contribution in [2.24, 2.45) is 5.41 Å². The highest BCUT2D eigenvalue weighted by Gasteiger charge is 2.57. The highest BCUT2D eigenvalue weighted by Crippen LogP contribution is 2.63. The molecule has 8 aromatic rings. The highest BCUT2D eigenvalue weighted by atomic mass is 15.1. The van der Waals surface area contributed by atoms with Crippen LogP contribution in [0.25, 0.3) is 55.3 Å². The summed E-state index contributed by atoms with van der Waals surface area (Å²) in [7, 11) is 0. The lowest BCUT2D eigenvalue weighted by Crippen LogP contribution is -2.64. The topological polar surface area (TPSA) is 3.24 Å². The van der Waals surface area contributed by atoms with Crippen LogP contribution in [-0.2, 0) is 5.41 Å². The fraction of sp³-hybridized carbons (Fsp3) is 0.179. The van der Waals surface area contributed by atoms with Crippen molar-refractivity contribution in [1.29, 1.82) is 0 Å². The van der Waals surface area contributed by atoms with Gasteiger partial charge in [0.2, 0.25) is 0 Å². The van der Waals surface area contributed by atoms with Crippen molar-refractivity contribution in [3.63, 3.8) is 0 Å². The Morgan fingerprint density at radius 3 is 1.76 bits per heavy atom. The zero-order chi connectivity index (χ0) is 38.6. The summed E-state index contributed by atoms with van der Waals surface area (Å²) in [4.78, 5) is 2.72. The lowest BCUT2D eigenvalue weighted by atomic mass is 9.36. The van der Waals surface area contributed by atoms with E-state index in [1.54, 1.807) is 11.1 Å². The van der Waals surface area contributed by atoms with Crippen LogP contribution in [0, 0.1) is 5.41 Å². The molecule has 3 unspecified atom stereocenters. The van der Waals surface area contributed by atoms with E-state index in [1.165, 1.54) is 115 Å². The molecular formula is C56H46BN. The molecule has 0 spiro atoms. The van der Waals surface area contributed by atoms with Crippen molar-refractivity contribution in [3.05, 3.63) is 193 Å². The monoisotopic (exact) mass is 743 g/mol. The van der Waals surface area contributed by atoms with E-state index in [2.05, 4.69) is 195 Å². The van der Waals surface area contributed by atoms with E-state index in [0.29, 0.717) is 5.92 Å². The largest absolute Gasteiger partial charge is 0.376 e. The van der Waals surface area contributed by atoms with Gasteiger partial charge in [-0.3, -0.25) is 0 Å². The SMILES string of the molecule is CC12CCCCC1(C)c1cc(-c3ccccc3)cc3c1C(C2)c1cc(-c2ccccc2)cc2c1B3N(c1ccc(-c3ccccc3)cc1)c1cc3ccccc3cc1-2. The summed E-state index contributed by atoms with van der Waals surface area (Å²) >= 11 is 0. The lowest BCUT2D eigenvalue weighted by Gasteiger charge is -2.59. The minimum Gasteiger partial charge on any atom is -0.376 e. The van der Waals surface area contributed by atoms with Gasteiger partial charge in [-0.15, -0.1) is 0 Å². The maximum absolute atomic E-state index is 2.72. The molecule has 0 N–H and O–H groups in total. The van der Waals surface area contributed by atoms with Gasteiger partial charge in [-0.2, -0.15) is 0 Å². The molecular weight excluding hydrogens is 697 g/mol. The molecule has 278 valence electrons. The van der Waals surface area contributed by atoms with Gasteiger partial charge in [0.15, 0.2) is 0 Å². The van der Waals surface area contributed by atoms with Gasteiger partial charge < -0.3 is 4.81 Å². The van der Waals surface area contributed by atoms with Crippen LogP contribution in [0.4, 0.5) is 11.4 Å². The molecule has 0 bridgehead atoms. The molecule has 3 atom stereocenters. The minimum atomic E-state index is 0.0104. The van der Waals surface area contributed by atoms with E-state index < -0.39 is 0 Å². The van der Waals surface area contributed by atoms with E-state index in [1.807, 2.05) is 0 Å². The molecule has 8 aromatic carbocycles. The van der Waals surface area contributed by atoms with E-state index in [0.717, 1.165) is 0 Å². The maximum Gasteiger partial charge on any atom is 0.329 e. The number of rotatable bonds is 4. The Morgan fingerprint density at radius 1 is 0.517 bits per heavy atom. The van der Waals surface area contributed by atoms with Crippen LogP contribution in [0.3, 0.4) is 0 Å². The van der Waals surface area contributed by atoms with Crippen molar-refractivity contribution in [2.45, 2.75) is 57.3 Å². The van der Waals surface area contributed by atoms with Crippen molar-refractivity contribution >= 4 is 39.9 Å². The third-order valence-electron chi connectivity index (χ3n) is 15.1. The Bertz CT molecular complexity index is 2900. The number of nitrogens with zero attached hydrogens (tertiary/aromatic N) is 1. The average Bonchev–Trinajstić information content (AvgIpc) is 3.28. The highest BCUT2D eigenvalue weighted by molar-refractivity contribution is 6.92. The molecule has 0 radical (unpaired) electrons. The number of fused-ring (bicyclic) bond motifs is 7. The predicted molar refractivity (Wildman–Crippen MR) is 246 cm³/mol. The first kappa shape index (κ1) is 34.0. The van der Waals surface area contributed by atoms with Gasteiger partial charge in [-0.05, 0) is 138 Å². The van der Waals surface area contributed by atoms with Gasteiger partial charge in [-0.1, -0.05) is 172 Å². The van der Waals surface area contributed by atoms with Crippen LogP contribution >= 0.6 is 0 Å². The molecule has 12 rings (SSSR count). The molecule has 1 saturated carbocycles. The Morgan fingerprint density at radius 2 is 1.09 bits per heavy atom. The molecule has 58 heavy (non-hydrogen) atoms. The summed E-state index contributed by atoms with van der Waals surface area (Å²) < 4.78 is 0. The van der Waals surface area contributed by atoms with Crippen molar-refractivity contribution in [1.82, 2.24) is 0 Å². The molecule has 0 amide bonds. The second kappa shape index (κ2) is 12.7. The normalized spacial score (nSPS) is 21.2. The first-order chi connectivity index (χ1) is 28.5. The smallest absolute Gasteiger partial charge is 0.329 e. The van der Waals surface area contributed by atoms with Crippen molar-refractivity contribution in [3.8, 4) is 44.5 Å². The zero-order valence-corrected chi connectivity index (χ0v) is 33.4. The molecule has 1 fully saturated rings. The van der Waals surface area contributed by atoms with Gasteiger partial charge in [0.25, 0.3) is 0 Å². The van der Waals surface area contributed by atoms with Crippen LogP contribution in [-0.4, -0.2) is 6.85 Å². The summed E-state index contributed by atoms with van der Waals surface area (Å²) in [5, 5.41) is 2.56. The Kier molecular flexibility index (Phi) is 7.43. The van der Waals surface area contributed by atoms with E-state index in [-0.39, 0.29) is 17.7 Å². The van der Waals surface area contributed by atoms with Crippen LogP contribution < -0.4 is 15.7 Å². The Labute approximate surface area is 343 Å². The van der Waals surface area contributed by atoms with Crippen molar-refractivity contribution < 1.29 is 0 Å². The summed E-state index contributed by atoms with van der Waals surface area (Å²) in [6.45, 7) is 5.29. The number of benzene rings is 8. The van der Waals surface area contributed by atoms with Crippen LogP contribution in [0.2, 0.25) is 0 Å². The van der Waals surface area contributed by atoms with Gasteiger partial charge in [-0.25, -0.2) is 0 Å². The minimum absolute atomic E-state index is 0.0104. The quantitative estimate of drug-likeness (QED) is 0.162. The molecule has 2 aliphatic heterocycles. The first-order valence-corrected chi connectivity index (χ1v) is 21.4. The van der Waals surface area contributed by atoms with Crippen molar-refractivity contribution in [2.75, 3.05) is 4.81 Å². The molecule has 2 heteroatoms. The van der Waals surface area contributed by atoms with Gasteiger partial charge in [0.05, 0.1) is 0 Å². The van der Waals surface area contributed by atoms with Crippen LogP contribution in [0.1, 0.15) is 68.6 Å². The molecule has 0 aromatic heterocycles. The van der Waals surface area contributed by atoms with E-state index in [9.17, 15) is 0 Å². The zero-order valence-electron chi connectivity index (χ0n) is 33.4. The molecule has 4 aliphatic rings. The first-order valence-electron chi connectivity index (χ1n) is 21.4. The predicted octanol–water partition coefficient (Wildman–Crippen LogP) is 13.5. The van der Waals surface area contributed by atoms with Gasteiger partial charge in [0.1, 0.15) is 0 Å². The lowest BCUT2D eigenvalue weighted by molar-refractivity contribution is 0.0604. The van der Waals surface area contributed by atoms with Gasteiger partial charge in [0, 0.05) is 22.9 Å². The fourth-order valence-corrected chi connectivity index (χ4v) is 11.9. The number of hydrogen-bond acceptors (Lipinski definition) is 1. The molecule has 2 heterocycles. The second-order valence-corrected chi connectivity index (χ2v) is 18.0.